The Morgan fingerprint density at radius 3 is 2.35 bits per heavy atom. The molecule has 0 aliphatic carbocycles. The number of hydrogen-bond donors (Lipinski definition) is 2. The molecule has 0 spiro atoms. The van der Waals surface area contributed by atoms with Crippen LogP contribution < -0.4 is 11.1 Å². The van der Waals surface area contributed by atoms with Gasteiger partial charge in [-0.05, 0) is 25.3 Å². The monoisotopic (exact) mass is 239 g/mol. The molecule has 3 N–H and O–H groups in total. The number of nitrogens with one attached hydrogen (secondary N) is 1. The fourth-order valence-corrected chi connectivity index (χ4v) is 2.76. The Hall–Kier alpha value is -1.10. The number of likely N-dealkylation sites (tertiary alicyclic amines) is 1. The van der Waals surface area contributed by atoms with E-state index in [0.717, 1.165) is 25.9 Å². The quantitative estimate of drug-likeness (QED) is 0.686. The number of amides is 2. The maximum absolute atomic E-state index is 12.3. The minimum atomic E-state index is -0.229. The summed E-state index contributed by atoms with van der Waals surface area (Å²) >= 11 is 0. The molecule has 0 saturated carbocycles. The normalized spacial score (nSPS) is 30.5. The van der Waals surface area contributed by atoms with E-state index >= 15 is 0 Å². The fraction of sp³-hybridized carbons (Fsp3) is 0.833. The largest absolute Gasteiger partial charge is 0.369 e. The highest BCUT2D eigenvalue weighted by atomic mass is 16.2. The van der Waals surface area contributed by atoms with Gasteiger partial charge in [0.25, 0.3) is 0 Å². The zero-order valence-electron chi connectivity index (χ0n) is 10.3. The molecular weight excluding hydrogens is 218 g/mol. The van der Waals surface area contributed by atoms with Crippen LogP contribution in [0.2, 0.25) is 0 Å². The number of primary amides is 1. The van der Waals surface area contributed by atoms with Crippen molar-refractivity contribution in [1.29, 1.82) is 0 Å². The van der Waals surface area contributed by atoms with E-state index in [1.54, 1.807) is 0 Å². The second-order valence-corrected chi connectivity index (χ2v) is 5.24. The maximum Gasteiger partial charge on any atom is 0.227 e. The summed E-state index contributed by atoms with van der Waals surface area (Å²) < 4.78 is 0. The lowest BCUT2D eigenvalue weighted by Gasteiger charge is -2.33. The van der Waals surface area contributed by atoms with Crippen LogP contribution in [0.3, 0.4) is 0 Å². The van der Waals surface area contributed by atoms with Crippen LogP contribution in [-0.2, 0) is 9.59 Å². The van der Waals surface area contributed by atoms with Gasteiger partial charge in [-0.25, -0.2) is 0 Å². The molecule has 2 rings (SSSR count). The highest BCUT2D eigenvalue weighted by Crippen LogP contribution is 2.23. The summed E-state index contributed by atoms with van der Waals surface area (Å²) in [5.74, 6) is 0.494. The van der Waals surface area contributed by atoms with E-state index in [0.29, 0.717) is 19.0 Å². The highest BCUT2D eigenvalue weighted by molar-refractivity contribution is 5.81. The van der Waals surface area contributed by atoms with Crippen molar-refractivity contribution in [2.45, 2.75) is 19.8 Å². The molecule has 2 saturated heterocycles. The van der Waals surface area contributed by atoms with Gasteiger partial charge in [0.1, 0.15) is 0 Å². The third-order valence-electron chi connectivity index (χ3n) is 4.04. The van der Waals surface area contributed by atoms with Gasteiger partial charge in [-0.3, -0.25) is 9.59 Å². The summed E-state index contributed by atoms with van der Waals surface area (Å²) in [6, 6.07) is 0. The van der Waals surface area contributed by atoms with E-state index < -0.39 is 0 Å². The van der Waals surface area contributed by atoms with Crippen molar-refractivity contribution in [2.24, 2.45) is 23.5 Å². The minimum Gasteiger partial charge on any atom is -0.369 e. The number of carbonyl (C=O) groups excluding carboxylic acids is 2. The summed E-state index contributed by atoms with van der Waals surface area (Å²) in [6.45, 7) is 5.17. The number of carbonyl (C=O) groups is 2. The van der Waals surface area contributed by atoms with Crippen LogP contribution in [0.25, 0.3) is 0 Å². The molecule has 0 aromatic rings. The Balaban J connectivity index is 1.88. The first-order chi connectivity index (χ1) is 8.09. The van der Waals surface area contributed by atoms with Gasteiger partial charge in [-0.2, -0.15) is 0 Å². The van der Waals surface area contributed by atoms with E-state index in [4.69, 9.17) is 5.73 Å². The van der Waals surface area contributed by atoms with Crippen molar-refractivity contribution in [1.82, 2.24) is 10.2 Å². The fourth-order valence-electron chi connectivity index (χ4n) is 2.76. The molecule has 96 valence electrons. The van der Waals surface area contributed by atoms with Crippen molar-refractivity contribution in [3.8, 4) is 0 Å². The number of nitrogens with two attached hydrogens (primary N) is 1. The summed E-state index contributed by atoms with van der Waals surface area (Å²) in [7, 11) is 0. The van der Waals surface area contributed by atoms with Crippen LogP contribution in [0.5, 0.6) is 0 Å². The summed E-state index contributed by atoms with van der Waals surface area (Å²) in [5, 5.41) is 3.25. The third-order valence-corrected chi connectivity index (χ3v) is 4.04. The van der Waals surface area contributed by atoms with Gasteiger partial charge in [-0.15, -0.1) is 0 Å². The first kappa shape index (κ1) is 12.4. The molecule has 5 heteroatoms. The van der Waals surface area contributed by atoms with Crippen molar-refractivity contribution in [3.05, 3.63) is 0 Å². The van der Waals surface area contributed by atoms with Gasteiger partial charge in [-0.1, -0.05) is 6.92 Å². The molecule has 2 aliphatic heterocycles. The molecule has 17 heavy (non-hydrogen) atoms. The van der Waals surface area contributed by atoms with Crippen molar-refractivity contribution in [3.63, 3.8) is 0 Å². The SMILES string of the molecule is C[C@@H]1CNC[C@H]1C(=O)N1CCC(C(N)=O)CC1. The Morgan fingerprint density at radius 1 is 1.24 bits per heavy atom. The van der Waals surface area contributed by atoms with Crippen LogP contribution in [0.4, 0.5) is 0 Å². The van der Waals surface area contributed by atoms with E-state index in [2.05, 4.69) is 12.2 Å². The molecule has 2 fully saturated rings. The van der Waals surface area contributed by atoms with Crippen LogP contribution in [-0.4, -0.2) is 42.9 Å². The lowest BCUT2D eigenvalue weighted by atomic mass is 9.92. The van der Waals surface area contributed by atoms with Crippen molar-refractivity contribution < 1.29 is 9.59 Å². The Bertz CT molecular complexity index is 311. The molecule has 0 aromatic heterocycles. The van der Waals surface area contributed by atoms with Gasteiger partial charge in [0.2, 0.25) is 11.8 Å². The van der Waals surface area contributed by atoms with Gasteiger partial charge in [0.15, 0.2) is 0 Å². The molecule has 2 atom stereocenters. The van der Waals surface area contributed by atoms with Crippen LogP contribution >= 0.6 is 0 Å². The Labute approximate surface area is 102 Å². The van der Waals surface area contributed by atoms with Crippen LogP contribution in [0, 0.1) is 17.8 Å². The van der Waals surface area contributed by atoms with Gasteiger partial charge in [0, 0.05) is 25.6 Å². The van der Waals surface area contributed by atoms with Crippen LogP contribution in [0.1, 0.15) is 19.8 Å². The molecule has 2 heterocycles. The second kappa shape index (κ2) is 5.04. The van der Waals surface area contributed by atoms with E-state index in [9.17, 15) is 9.59 Å². The predicted molar refractivity (Wildman–Crippen MR) is 64.0 cm³/mol. The molecular formula is C12H21N3O2. The number of nitrogens with zero attached hydrogens (tertiary/aromatic N) is 1. The second-order valence-electron chi connectivity index (χ2n) is 5.24. The third kappa shape index (κ3) is 2.60. The molecule has 5 nitrogen and oxygen atoms in total. The van der Waals surface area contributed by atoms with Gasteiger partial charge >= 0.3 is 0 Å². The first-order valence-corrected chi connectivity index (χ1v) is 6.38. The number of piperidine rings is 1. The topological polar surface area (TPSA) is 75.4 Å². The Kier molecular flexibility index (Phi) is 3.66. The van der Waals surface area contributed by atoms with Crippen molar-refractivity contribution in [2.75, 3.05) is 26.2 Å². The maximum atomic E-state index is 12.3. The summed E-state index contributed by atoms with van der Waals surface area (Å²) in [4.78, 5) is 25.2. The number of hydrogen-bond acceptors (Lipinski definition) is 3. The number of rotatable bonds is 2. The summed E-state index contributed by atoms with van der Waals surface area (Å²) in [6.07, 6.45) is 1.44. The minimum absolute atomic E-state index is 0.0434. The van der Waals surface area contributed by atoms with E-state index in [-0.39, 0.29) is 23.7 Å². The predicted octanol–water partition coefficient (Wildman–Crippen LogP) is -0.434. The molecule has 2 aliphatic rings. The molecule has 0 radical (unpaired) electrons. The lowest BCUT2D eigenvalue weighted by Crippen LogP contribution is -2.45. The molecule has 2 amide bonds. The van der Waals surface area contributed by atoms with Crippen molar-refractivity contribution >= 4 is 11.8 Å². The summed E-state index contributed by atoms with van der Waals surface area (Å²) in [5.41, 5.74) is 5.28. The highest BCUT2D eigenvalue weighted by Gasteiger charge is 2.34. The van der Waals surface area contributed by atoms with Crippen LogP contribution in [0.15, 0.2) is 0 Å². The zero-order valence-corrected chi connectivity index (χ0v) is 10.3. The smallest absolute Gasteiger partial charge is 0.227 e. The molecule has 0 bridgehead atoms. The van der Waals surface area contributed by atoms with Gasteiger partial charge in [0.05, 0.1) is 5.92 Å². The lowest BCUT2D eigenvalue weighted by molar-refractivity contribution is -0.139. The first-order valence-electron chi connectivity index (χ1n) is 6.38. The Morgan fingerprint density at radius 2 is 1.88 bits per heavy atom. The van der Waals surface area contributed by atoms with E-state index in [1.165, 1.54) is 0 Å². The van der Waals surface area contributed by atoms with Gasteiger partial charge < -0.3 is 16.0 Å². The molecule has 0 unspecified atom stereocenters. The average Bonchev–Trinajstić information content (AvgIpc) is 2.74. The zero-order chi connectivity index (χ0) is 12.4. The standard InChI is InChI=1S/C12H21N3O2/c1-8-6-14-7-10(8)12(17)15-4-2-9(3-5-15)11(13)16/h8-10,14H,2-7H2,1H3,(H2,13,16)/t8-,10-/m1/s1. The average molecular weight is 239 g/mol. The molecule has 0 aromatic carbocycles. The van der Waals surface area contributed by atoms with E-state index in [1.807, 2.05) is 4.90 Å².